The van der Waals surface area contributed by atoms with Crippen LogP contribution in [0.2, 0.25) is 0 Å². The lowest BCUT2D eigenvalue weighted by Crippen LogP contribution is -2.30. The average Bonchev–Trinajstić information content (AvgIpc) is 3.29. The molecule has 1 aromatic carbocycles. The summed E-state index contributed by atoms with van der Waals surface area (Å²) in [4.78, 5) is 14.4. The molecule has 2 aromatic rings. The van der Waals surface area contributed by atoms with E-state index in [1.165, 1.54) is 10.4 Å². The zero-order valence-corrected chi connectivity index (χ0v) is 15.7. The van der Waals surface area contributed by atoms with Gasteiger partial charge in [-0.05, 0) is 48.4 Å². The fraction of sp³-hybridized carbons (Fsp3) is 0.316. The van der Waals surface area contributed by atoms with Crippen LogP contribution < -0.4 is 4.90 Å². The van der Waals surface area contributed by atoms with Crippen LogP contribution in [0.15, 0.2) is 52.0 Å². The molecule has 0 bridgehead atoms. The summed E-state index contributed by atoms with van der Waals surface area (Å²) in [6.07, 6.45) is 5.28. The molecule has 1 aliphatic rings. The summed E-state index contributed by atoms with van der Waals surface area (Å²) < 4.78 is 31.9. The van der Waals surface area contributed by atoms with Gasteiger partial charge in [0.25, 0.3) is 5.91 Å². The zero-order valence-electron chi connectivity index (χ0n) is 14.9. The number of nitrogens with zero attached hydrogens (tertiary/aromatic N) is 2. The summed E-state index contributed by atoms with van der Waals surface area (Å²) in [5.41, 5.74) is 1.63. The Bertz CT molecular complexity index is 913. The highest BCUT2D eigenvalue weighted by Crippen LogP contribution is 2.31. The Balaban J connectivity index is 1.83. The molecule has 1 aliphatic heterocycles. The molecule has 0 saturated heterocycles. The van der Waals surface area contributed by atoms with Crippen molar-refractivity contribution >= 4 is 27.7 Å². The number of anilines is 1. The highest BCUT2D eigenvalue weighted by molar-refractivity contribution is 7.89. The van der Waals surface area contributed by atoms with E-state index in [0.717, 1.165) is 11.3 Å². The Morgan fingerprint density at radius 2 is 2.04 bits per heavy atom. The highest BCUT2D eigenvalue weighted by Gasteiger charge is 2.27. The van der Waals surface area contributed by atoms with Crippen LogP contribution in [0.4, 0.5) is 5.69 Å². The predicted octanol–water partition coefficient (Wildman–Crippen LogP) is 2.91. The maximum absolute atomic E-state index is 12.7. The summed E-state index contributed by atoms with van der Waals surface area (Å²) in [7, 11) is -3.50. The van der Waals surface area contributed by atoms with Crippen LogP contribution >= 0.6 is 0 Å². The number of carbonyl (C=O) groups excluding carboxylic acids is 1. The van der Waals surface area contributed by atoms with Crippen molar-refractivity contribution in [2.45, 2.75) is 25.2 Å². The van der Waals surface area contributed by atoms with E-state index in [9.17, 15) is 13.2 Å². The average molecular weight is 374 g/mol. The van der Waals surface area contributed by atoms with Gasteiger partial charge in [-0.1, -0.05) is 13.8 Å². The van der Waals surface area contributed by atoms with Gasteiger partial charge in [0.05, 0.1) is 11.2 Å². The maximum Gasteiger partial charge on any atom is 0.251 e. The molecule has 0 unspecified atom stereocenters. The van der Waals surface area contributed by atoms with Gasteiger partial charge >= 0.3 is 0 Å². The number of carbonyl (C=O) groups is 1. The maximum atomic E-state index is 12.7. The second kappa shape index (κ2) is 7.47. The Labute approximate surface area is 153 Å². The van der Waals surface area contributed by atoms with Crippen molar-refractivity contribution in [3.63, 3.8) is 0 Å². The summed E-state index contributed by atoms with van der Waals surface area (Å²) in [6.45, 7) is 5.03. The first-order chi connectivity index (χ1) is 12.5. The third-order valence-corrected chi connectivity index (χ3v) is 6.53. The van der Waals surface area contributed by atoms with Crippen molar-refractivity contribution in [2.75, 3.05) is 24.5 Å². The molecule has 0 spiro atoms. The van der Waals surface area contributed by atoms with E-state index in [2.05, 4.69) is 0 Å². The largest absolute Gasteiger partial charge is 0.465 e. The molecule has 1 aromatic heterocycles. The molecule has 138 valence electrons. The van der Waals surface area contributed by atoms with Crippen molar-refractivity contribution < 1.29 is 17.6 Å². The van der Waals surface area contributed by atoms with E-state index in [1.807, 2.05) is 13.8 Å². The normalized spacial score (nSPS) is 14.3. The van der Waals surface area contributed by atoms with Crippen LogP contribution in [0.3, 0.4) is 0 Å². The molecular weight excluding hydrogens is 352 g/mol. The van der Waals surface area contributed by atoms with Gasteiger partial charge in [0, 0.05) is 31.4 Å². The van der Waals surface area contributed by atoms with E-state index >= 15 is 0 Å². The molecule has 2 heterocycles. The van der Waals surface area contributed by atoms with E-state index in [0.29, 0.717) is 31.8 Å². The molecule has 0 aliphatic carbocycles. The number of sulfonamides is 1. The van der Waals surface area contributed by atoms with Crippen molar-refractivity contribution in [3.8, 4) is 0 Å². The topological polar surface area (TPSA) is 70.8 Å². The van der Waals surface area contributed by atoms with E-state index in [4.69, 9.17) is 4.42 Å². The second-order valence-corrected chi connectivity index (χ2v) is 7.91. The summed E-state index contributed by atoms with van der Waals surface area (Å²) >= 11 is 0. The molecule has 0 radical (unpaired) electrons. The van der Waals surface area contributed by atoms with Crippen molar-refractivity contribution in [1.29, 1.82) is 0 Å². The third kappa shape index (κ3) is 3.45. The lowest BCUT2D eigenvalue weighted by molar-refractivity contribution is -0.114. The summed E-state index contributed by atoms with van der Waals surface area (Å²) in [5.74, 6) is 0.456. The van der Waals surface area contributed by atoms with Crippen LogP contribution in [0.5, 0.6) is 0 Å². The molecule has 0 fully saturated rings. The quantitative estimate of drug-likeness (QED) is 0.729. The first kappa shape index (κ1) is 18.4. The number of benzene rings is 1. The fourth-order valence-electron chi connectivity index (χ4n) is 3.11. The van der Waals surface area contributed by atoms with Crippen molar-refractivity contribution in [2.24, 2.45) is 0 Å². The number of fused-ring (bicyclic) bond motifs is 1. The Kier molecular flexibility index (Phi) is 5.29. The molecular formula is C19H22N2O4S. The smallest absolute Gasteiger partial charge is 0.251 e. The first-order valence-electron chi connectivity index (χ1n) is 8.63. The number of hydrogen-bond acceptors (Lipinski definition) is 4. The van der Waals surface area contributed by atoms with Gasteiger partial charge in [-0.15, -0.1) is 0 Å². The molecule has 0 saturated carbocycles. The minimum Gasteiger partial charge on any atom is -0.465 e. The van der Waals surface area contributed by atoms with Crippen LogP contribution in [-0.4, -0.2) is 38.3 Å². The van der Waals surface area contributed by atoms with Crippen LogP contribution in [0.25, 0.3) is 6.08 Å². The monoisotopic (exact) mass is 374 g/mol. The second-order valence-electron chi connectivity index (χ2n) is 5.97. The number of hydrogen-bond donors (Lipinski definition) is 0. The fourth-order valence-corrected chi connectivity index (χ4v) is 4.62. The minimum atomic E-state index is -3.50. The van der Waals surface area contributed by atoms with Gasteiger partial charge in [0.2, 0.25) is 10.0 Å². The van der Waals surface area contributed by atoms with Gasteiger partial charge in [0.15, 0.2) is 0 Å². The molecule has 7 heteroatoms. The molecule has 1 amide bonds. The lowest BCUT2D eigenvalue weighted by Gasteiger charge is -2.19. The lowest BCUT2D eigenvalue weighted by atomic mass is 10.2. The predicted molar refractivity (Wildman–Crippen MR) is 100 cm³/mol. The van der Waals surface area contributed by atoms with Gasteiger partial charge in [-0.3, -0.25) is 4.79 Å². The molecule has 6 nitrogen and oxygen atoms in total. The summed E-state index contributed by atoms with van der Waals surface area (Å²) in [5, 5.41) is 0. The molecule has 0 atom stereocenters. The Morgan fingerprint density at radius 1 is 1.27 bits per heavy atom. The SMILES string of the molecule is CCN(CC)S(=O)(=O)c1ccc2c(c1)CCN2C(=O)/C=C/c1ccco1. The van der Waals surface area contributed by atoms with Crippen LogP contribution in [0.1, 0.15) is 25.2 Å². The molecule has 0 N–H and O–H groups in total. The molecule has 26 heavy (non-hydrogen) atoms. The van der Waals surface area contributed by atoms with E-state index < -0.39 is 10.0 Å². The Morgan fingerprint density at radius 3 is 2.69 bits per heavy atom. The standard InChI is InChI=1S/C19H22N2O4S/c1-3-20(4-2)26(23,24)17-8-9-18-15(14-17)11-12-21(18)19(22)10-7-16-6-5-13-25-16/h5-10,13-14H,3-4,11-12H2,1-2H3/b10-7+. The highest BCUT2D eigenvalue weighted by atomic mass is 32.2. The van der Waals surface area contributed by atoms with E-state index in [-0.39, 0.29) is 10.8 Å². The third-order valence-electron chi connectivity index (χ3n) is 4.49. The molecule has 3 rings (SSSR count). The first-order valence-corrected chi connectivity index (χ1v) is 10.1. The number of rotatable bonds is 6. The van der Waals surface area contributed by atoms with Crippen molar-refractivity contribution in [3.05, 3.63) is 54.0 Å². The van der Waals surface area contributed by atoms with Crippen LogP contribution in [-0.2, 0) is 21.2 Å². The van der Waals surface area contributed by atoms with Gasteiger partial charge < -0.3 is 9.32 Å². The number of furan rings is 1. The van der Waals surface area contributed by atoms with Gasteiger partial charge in [-0.2, -0.15) is 4.31 Å². The van der Waals surface area contributed by atoms with E-state index in [1.54, 1.807) is 47.6 Å². The minimum absolute atomic E-state index is 0.153. The van der Waals surface area contributed by atoms with Crippen molar-refractivity contribution in [1.82, 2.24) is 4.31 Å². The van der Waals surface area contributed by atoms with Crippen LogP contribution in [0, 0.1) is 0 Å². The summed E-state index contributed by atoms with van der Waals surface area (Å²) in [6, 6.07) is 8.51. The Hall–Kier alpha value is -2.38. The van der Waals surface area contributed by atoms with Gasteiger partial charge in [0.1, 0.15) is 5.76 Å². The van der Waals surface area contributed by atoms with Gasteiger partial charge in [-0.25, -0.2) is 8.42 Å². The number of amides is 1. The zero-order chi connectivity index (χ0) is 18.7.